The van der Waals surface area contributed by atoms with Crippen molar-refractivity contribution < 1.29 is 0 Å². The van der Waals surface area contributed by atoms with Gasteiger partial charge in [0.2, 0.25) is 0 Å². The minimum Gasteiger partial charge on any atom is -0.299 e. The van der Waals surface area contributed by atoms with E-state index in [1.165, 1.54) is 16.3 Å². The monoisotopic (exact) mass is 726 g/mol. The predicted molar refractivity (Wildman–Crippen MR) is 236 cm³/mol. The third kappa shape index (κ3) is 5.74. The van der Waals surface area contributed by atoms with Crippen molar-refractivity contribution in [3.8, 4) is 67.4 Å². The summed E-state index contributed by atoms with van der Waals surface area (Å²) in [6.45, 7) is 0. The van der Waals surface area contributed by atoms with Gasteiger partial charge < -0.3 is 0 Å². The van der Waals surface area contributed by atoms with E-state index < -0.39 is 0 Å². The van der Waals surface area contributed by atoms with E-state index in [1.54, 1.807) is 0 Å². The minimum absolute atomic E-state index is 0.691. The first-order chi connectivity index (χ1) is 28.2. The number of hydrogen-bond acceptors (Lipinski definition) is 3. The summed E-state index contributed by atoms with van der Waals surface area (Å²) in [6, 6.07) is 70.7. The largest absolute Gasteiger partial charge is 0.299 e. The van der Waals surface area contributed by atoms with Crippen molar-refractivity contribution in [2.24, 2.45) is 0 Å². The Morgan fingerprint density at radius 3 is 1.74 bits per heavy atom. The zero-order valence-corrected chi connectivity index (χ0v) is 30.9. The van der Waals surface area contributed by atoms with Gasteiger partial charge in [-0.15, -0.1) is 0 Å². The molecule has 4 nitrogen and oxygen atoms in total. The van der Waals surface area contributed by atoms with Crippen molar-refractivity contribution in [2.45, 2.75) is 0 Å². The Hall–Kier alpha value is -7.69. The lowest BCUT2D eigenvalue weighted by Crippen LogP contribution is -1.97. The van der Waals surface area contributed by atoms with Gasteiger partial charge in [0.1, 0.15) is 5.65 Å². The van der Waals surface area contributed by atoms with E-state index in [4.69, 9.17) is 15.0 Å². The van der Waals surface area contributed by atoms with E-state index in [0.717, 1.165) is 83.3 Å². The zero-order chi connectivity index (χ0) is 37.7. The number of fused-ring (bicyclic) bond motifs is 5. The number of hydrogen-bond donors (Lipinski definition) is 0. The molecule has 266 valence electrons. The zero-order valence-electron chi connectivity index (χ0n) is 30.9. The van der Waals surface area contributed by atoms with Crippen LogP contribution in [0.2, 0.25) is 0 Å². The molecule has 0 fully saturated rings. The molecule has 11 rings (SSSR count). The van der Waals surface area contributed by atoms with Crippen LogP contribution in [0.25, 0.3) is 106 Å². The summed E-state index contributed by atoms with van der Waals surface area (Å²) in [5, 5.41) is 5.70. The van der Waals surface area contributed by atoms with Gasteiger partial charge in [0.05, 0.1) is 22.6 Å². The Balaban J connectivity index is 1.12. The third-order valence-electron chi connectivity index (χ3n) is 11.0. The molecule has 11 aromatic rings. The van der Waals surface area contributed by atoms with E-state index in [-0.39, 0.29) is 0 Å². The van der Waals surface area contributed by atoms with Crippen molar-refractivity contribution in [3.05, 3.63) is 206 Å². The SMILES string of the molecule is c1ccc(-c2nc3ccccn3c2-c2ccc(-c3cc(-c4nc(-c5ccccc5)c5ccc6ccccc6c5n4)cc(-c4cccc5ccccc45)c3)cc2)cc1. The van der Waals surface area contributed by atoms with Crippen molar-refractivity contribution in [1.29, 1.82) is 0 Å². The van der Waals surface area contributed by atoms with E-state index in [9.17, 15) is 0 Å². The lowest BCUT2D eigenvalue weighted by atomic mass is 9.92. The van der Waals surface area contributed by atoms with Crippen LogP contribution in [0.5, 0.6) is 0 Å². The second kappa shape index (κ2) is 13.6. The van der Waals surface area contributed by atoms with Crippen LogP contribution in [-0.4, -0.2) is 19.4 Å². The summed E-state index contributed by atoms with van der Waals surface area (Å²) in [4.78, 5) is 15.8. The highest BCUT2D eigenvalue weighted by atomic mass is 15.0. The van der Waals surface area contributed by atoms with Gasteiger partial charge in [-0.3, -0.25) is 4.40 Å². The van der Waals surface area contributed by atoms with Gasteiger partial charge in [0.25, 0.3) is 0 Å². The second-order valence-electron chi connectivity index (χ2n) is 14.5. The van der Waals surface area contributed by atoms with Crippen molar-refractivity contribution in [3.63, 3.8) is 0 Å². The molecular weight excluding hydrogens is 693 g/mol. The number of nitrogens with zero attached hydrogens (tertiary/aromatic N) is 4. The average Bonchev–Trinajstić information content (AvgIpc) is 3.69. The molecule has 8 aromatic carbocycles. The fourth-order valence-electron chi connectivity index (χ4n) is 8.25. The maximum absolute atomic E-state index is 5.39. The van der Waals surface area contributed by atoms with Crippen molar-refractivity contribution >= 4 is 38.1 Å². The molecule has 0 saturated carbocycles. The number of imidazole rings is 1. The summed E-state index contributed by atoms with van der Waals surface area (Å²) < 4.78 is 2.18. The number of pyridine rings is 1. The van der Waals surface area contributed by atoms with Gasteiger partial charge in [-0.05, 0) is 74.8 Å². The molecule has 4 heteroatoms. The molecule has 0 amide bonds. The highest BCUT2D eigenvalue weighted by Gasteiger charge is 2.18. The average molecular weight is 727 g/mol. The molecule has 0 aliphatic rings. The maximum Gasteiger partial charge on any atom is 0.160 e. The third-order valence-corrected chi connectivity index (χ3v) is 11.0. The molecule has 0 aliphatic carbocycles. The highest BCUT2D eigenvalue weighted by molar-refractivity contribution is 6.10. The van der Waals surface area contributed by atoms with E-state index >= 15 is 0 Å². The minimum atomic E-state index is 0.691. The molecule has 0 atom stereocenters. The molecule has 0 radical (unpaired) electrons. The van der Waals surface area contributed by atoms with E-state index in [0.29, 0.717) is 5.82 Å². The first kappa shape index (κ1) is 32.7. The Bertz CT molecular complexity index is 3270. The summed E-state index contributed by atoms with van der Waals surface area (Å²) in [5.74, 6) is 0.691. The van der Waals surface area contributed by atoms with Gasteiger partial charge in [-0.25, -0.2) is 15.0 Å². The van der Waals surface area contributed by atoms with Crippen LogP contribution >= 0.6 is 0 Å². The van der Waals surface area contributed by atoms with Gasteiger partial charge in [-0.1, -0.05) is 164 Å². The Morgan fingerprint density at radius 2 is 0.947 bits per heavy atom. The molecule has 0 N–H and O–H groups in total. The summed E-state index contributed by atoms with van der Waals surface area (Å²) in [7, 11) is 0. The topological polar surface area (TPSA) is 43.1 Å². The number of benzene rings is 8. The molecule has 57 heavy (non-hydrogen) atoms. The van der Waals surface area contributed by atoms with Gasteiger partial charge in [0.15, 0.2) is 5.82 Å². The second-order valence-corrected chi connectivity index (χ2v) is 14.5. The Kier molecular flexibility index (Phi) is 7.78. The van der Waals surface area contributed by atoms with Gasteiger partial charge in [-0.2, -0.15) is 0 Å². The number of aromatic nitrogens is 4. The summed E-state index contributed by atoms with van der Waals surface area (Å²) in [6.07, 6.45) is 2.09. The van der Waals surface area contributed by atoms with Gasteiger partial charge >= 0.3 is 0 Å². The van der Waals surface area contributed by atoms with E-state index in [2.05, 4.69) is 193 Å². The molecule has 3 heterocycles. The van der Waals surface area contributed by atoms with E-state index in [1.807, 2.05) is 18.2 Å². The molecular formula is C53H34N4. The lowest BCUT2D eigenvalue weighted by molar-refractivity contribution is 1.19. The number of rotatable bonds is 6. The van der Waals surface area contributed by atoms with Crippen LogP contribution in [0.1, 0.15) is 0 Å². The molecule has 0 bridgehead atoms. The van der Waals surface area contributed by atoms with Crippen LogP contribution in [0, 0.1) is 0 Å². The van der Waals surface area contributed by atoms with Crippen molar-refractivity contribution in [1.82, 2.24) is 19.4 Å². The van der Waals surface area contributed by atoms with Crippen LogP contribution in [0.15, 0.2) is 206 Å². The molecule has 0 unspecified atom stereocenters. The predicted octanol–water partition coefficient (Wildman–Crippen LogP) is 13.6. The fraction of sp³-hybridized carbons (Fsp3) is 0. The lowest BCUT2D eigenvalue weighted by Gasteiger charge is -2.15. The first-order valence-electron chi connectivity index (χ1n) is 19.3. The summed E-state index contributed by atoms with van der Waals surface area (Å²) in [5.41, 5.74) is 13.5. The molecule has 0 saturated heterocycles. The van der Waals surface area contributed by atoms with Crippen LogP contribution in [0.3, 0.4) is 0 Å². The molecule has 0 aliphatic heterocycles. The normalized spacial score (nSPS) is 11.5. The van der Waals surface area contributed by atoms with Gasteiger partial charge in [0, 0.05) is 39.2 Å². The highest BCUT2D eigenvalue weighted by Crippen LogP contribution is 2.39. The first-order valence-corrected chi connectivity index (χ1v) is 19.3. The van der Waals surface area contributed by atoms with Crippen LogP contribution in [0.4, 0.5) is 0 Å². The maximum atomic E-state index is 5.39. The molecule has 3 aromatic heterocycles. The Labute approximate surface area is 330 Å². The smallest absolute Gasteiger partial charge is 0.160 e. The van der Waals surface area contributed by atoms with Crippen molar-refractivity contribution in [2.75, 3.05) is 0 Å². The quantitative estimate of drug-likeness (QED) is 0.160. The fourth-order valence-corrected chi connectivity index (χ4v) is 8.25. The Morgan fingerprint density at radius 1 is 0.333 bits per heavy atom. The van der Waals surface area contributed by atoms with Crippen LogP contribution in [-0.2, 0) is 0 Å². The van der Waals surface area contributed by atoms with Crippen LogP contribution < -0.4 is 0 Å². The molecule has 0 spiro atoms. The standard InChI is InChI=1S/C53H34N4/c1-3-16-38(17-4-1)49-47-30-29-37-15-8-10-22-46(37)51(47)56-53(55-49)43-33-41(32-42(34-43)45-23-13-20-36-14-7-9-21-44(36)45)35-25-27-40(28-26-35)52-50(39-18-5-2-6-19-39)54-48-24-11-12-31-57(48)52/h1-34H. The summed E-state index contributed by atoms with van der Waals surface area (Å²) >= 11 is 0.